The fraction of sp³-hybridized carbons (Fsp3) is 0.526. The largest absolute Gasteiger partial charge is 0.369 e. The number of H-pyrrole nitrogens is 1. The van der Waals surface area contributed by atoms with Gasteiger partial charge in [0.15, 0.2) is 0 Å². The molecule has 0 amide bonds. The van der Waals surface area contributed by atoms with E-state index in [1.165, 1.54) is 34.4 Å². The van der Waals surface area contributed by atoms with Crippen LogP contribution in [0.4, 0.5) is 5.82 Å². The van der Waals surface area contributed by atoms with Gasteiger partial charge in [0, 0.05) is 23.3 Å². The maximum atomic E-state index is 4.90. The molecule has 1 aliphatic rings. The van der Waals surface area contributed by atoms with Gasteiger partial charge in [0.1, 0.15) is 16.5 Å². The lowest BCUT2D eigenvalue weighted by Crippen LogP contribution is -2.20. The summed E-state index contributed by atoms with van der Waals surface area (Å²) in [5, 5.41) is 11.8. The molecule has 4 rings (SSSR count). The van der Waals surface area contributed by atoms with Gasteiger partial charge < -0.3 is 5.32 Å². The number of rotatable bonds is 7. The number of aromatic amines is 1. The third kappa shape index (κ3) is 3.73. The Labute approximate surface area is 158 Å². The van der Waals surface area contributed by atoms with Crippen LogP contribution in [0.3, 0.4) is 0 Å². The van der Waals surface area contributed by atoms with Crippen molar-refractivity contribution in [3.05, 3.63) is 34.2 Å². The van der Waals surface area contributed by atoms with Crippen molar-refractivity contribution in [3.8, 4) is 0 Å². The van der Waals surface area contributed by atoms with Crippen LogP contribution in [0.2, 0.25) is 0 Å². The zero-order valence-corrected chi connectivity index (χ0v) is 16.3. The van der Waals surface area contributed by atoms with E-state index in [0.29, 0.717) is 0 Å². The summed E-state index contributed by atoms with van der Waals surface area (Å²) in [5.41, 5.74) is 2.48. The predicted molar refractivity (Wildman–Crippen MR) is 107 cm³/mol. The highest BCUT2D eigenvalue weighted by molar-refractivity contribution is 7.18. The number of likely N-dealkylation sites (tertiary alicyclic amines) is 1. The number of aromatic nitrogens is 4. The van der Waals surface area contributed by atoms with Crippen molar-refractivity contribution >= 4 is 27.4 Å². The van der Waals surface area contributed by atoms with E-state index in [0.717, 1.165) is 55.5 Å². The molecule has 0 aliphatic carbocycles. The van der Waals surface area contributed by atoms with Crippen LogP contribution in [0.1, 0.15) is 41.2 Å². The number of fused-ring (bicyclic) bond motifs is 1. The molecule has 26 heavy (non-hydrogen) atoms. The van der Waals surface area contributed by atoms with E-state index >= 15 is 0 Å². The van der Waals surface area contributed by atoms with Gasteiger partial charge in [-0.15, -0.1) is 11.3 Å². The molecule has 0 radical (unpaired) electrons. The zero-order chi connectivity index (χ0) is 17.9. The number of aryl methyl sites for hydroxylation is 3. The van der Waals surface area contributed by atoms with Crippen LogP contribution >= 0.6 is 11.3 Å². The Bertz CT molecular complexity index is 864. The van der Waals surface area contributed by atoms with Crippen molar-refractivity contribution in [2.24, 2.45) is 0 Å². The van der Waals surface area contributed by atoms with Crippen LogP contribution in [0.5, 0.6) is 0 Å². The lowest BCUT2D eigenvalue weighted by atomic mass is 10.2. The summed E-state index contributed by atoms with van der Waals surface area (Å²) >= 11 is 1.78. The first-order valence-corrected chi connectivity index (χ1v) is 10.2. The van der Waals surface area contributed by atoms with Crippen LogP contribution in [0.25, 0.3) is 10.2 Å². The molecule has 2 N–H and O–H groups in total. The second kappa shape index (κ2) is 7.72. The highest BCUT2D eigenvalue weighted by Gasteiger charge is 2.18. The van der Waals surface area contributed by atoms with E-state index in [2.05, 4.69) is 34.3 Å². The summed E-state index contributed by atoms with van der Waals surface area (Å²) in [7, 11) is 0. The minimum atomic E-state index is 0.856. The molecule has 4 heterocycles. The predicted octanol–water partition coefficient (Wildman–Crippen LogP) is 3.67. The first-order chi connectivity index (χ1) is 12.7. The summed E-state index contributed by atoms with van der Waals surface area (Å²) in [4.78, 5) is 14.7. The van der Waals surface area contributed by atoms with Gasteiger partial charge in [0.25, 0.3) is 0 Å². The summed E-state index contributed by atoms with van der Waals surface area (Å²) in [6.07, 6.45) is 6.41. The molecule has 0 saturated carbocycles. The molecule has 3 aromatic heterocycles. The molecule has 1 fully saturated rings. The fourth-order valence-electron chi connectivity index (χ4n) is 3.54. The smallest absolute Gasteiger partial charge is 0.146 e. The molecule has 1 aliphatic heterocycles. The molecular weight excluding hydrogens is 344 g/mol. The van der Waals surface area contributed by atoms with E-state index in [1.54, 1.807) is 17.5 Å². The lowest BCUT2D eigenvalue weighted by Gasteiger charge is -2.15. The average Bonchev–Trinajstić information content (AvgIpc) is 3.36. The molecule has 0 atom stereocenters. The summed E-state index contributed by atoms with van der Waals surface area (Å²) in [6.45, 7) is 8.42. The van der Waals surface area contributed by atoms with Crippen molar-refractivity contribution in [3.63, 3.8) is 0 Å². The highest BCUT2D eigenvalue weighted by atomic mass is 32.1. The second-order valence-corrected chi connectivity index (χ2v) is 8.25. The first kappa shape index (κ1) is 17.4. The van der Waals surface area contributed by atoms with Gasteiger partial charge in [-0.05, 0) is 64.3 Å². The van der Waals surface area contributed by atoms with Crippen molar-refractivity contribution in [1.29, 1.82) is 0 Å². The van der Waals surface area contributed by atoms with Crippen molar-refractivity contribution < 1.29 is 0 Å². The van der Waals surface area contributed by atoms with Gasteiger partial charge in [0.2, 0.25) is 0 Å². The maximum absolute atomic E-state index is 4.90. The molecule has 0 spiro atoms. The monoisotopic (exact) mass is 370 g/mol. The summed E-state index contributed by atoms with van der Waals surface area (Å²) < 4.78 is 0. The number of nitrogens with zero attached hydrogens (tertiary/aromatic N) is 4. The van der Waals surface area contributed by atoms with Crippen molar-refractivity contribution in [1.82, 2.24) is 25.1 Å². The molecule has 1 saturated heterocycles. The molecule has 0 unspecified atom stereocenters. The van der Waals surface area contributed by atoms with Gasteiger partial charge in [0.05, 0.1) is 11.9 Å². The number of anilines is 1. The molecule has 0 bridgehead atoms. The summed E-state index contributed by atoms with van der Waals surface area (Å²) in [5.74, 6) is 1.94. The molecule has 7 heteroatoms. The minimum Gasteiger partial charge on any atom is -0.369 e. The van der Waals surface area contributed by atoms with Gasteiger partial charge >= 0.3 is 0 Å². The van der Waals surface area contributed by atoms with Gasteiger partial charge in [-0.2, -0.15) is 5.10 Å². The van der Waals surface area contributed by atoms with Crippen LogP contribution < -0.4 is 5.32 Å². The van der Waals surface area contributed by atoms with Crippen molar-refractivity contribution in [2.45, 2.75) is 46.1 Å². The van der Waals surface area contributed by atoms with E-state index in [4.69, 9.17) is 9.97 Å². The second-order valence-electron chi connectivity index (χ2n) is 7.05. The zero-order valence-electron chi connectivity index (χ0n) is 15.5. The van der Waals surface area contributed by atoms with Crippen LogP contribution in [0.15, 0.2) is 12.3 Å². The van der Waals surface area contributed by atoms with Crippen molar-refractivity contribution in [2.75, 3.05) is 25.0 Å². The van der Waals surface area contributed by atoms with E-state index in [1.807, 2.05) is 6.07 Å². The number of hydrogen-bond acceptors (Lipinski definition) is 6. The van der Waals surface area contributed by atoms with Crippen LogP contribution in [-0.4, -0.2) is 44.7 Å². The third-order valence-electron chi connectivity index (χ3n) is 5.11. The maximum Gasteiger partial charge on any atom is 0.146 e. The highest BCUT2D eigenvalue weighted by Crippen LogP contribution is 2.33. The molecule has 3 aromatic rings. The van der Waals surface area contributed by atoms with Crippen LogP contribution in [0, 0.1) is 13.8 Å². The Balaban J connectivity index is 1.52. The summed E-state index contributed by atoms with van der Waals surface area (Å²) in [6, 6.07) is 2.03. The quantitative estimate of drug-likeness (QED) is 0.621. The number of nitrogens with one attached hydrogen (secondary N) is 2. The van der Waals surface area contributed by atoms with Gasteiger partial charge in [-0.25, -0.2) is 9.97 Å². The Morgan fingerprint density at radius 1 is 1.23 bits per heavy atom. The molecule has 138 valence electrons. The lowest BCUT2D eigenvalue weighted by molar-refractivity contribution is 0.323. The Morgan fingerprint density at radius 3 is 2.85 bits per heavy atom. The topological polar surface area (TPSA) is 69.7 Å². The minimum absolute atomic E-state index is 0.856. The Hall–Kier alpha value is -1.99. The SMILES string of the molecule is Cc1sc2nc(CN3CCCC3)nc(NCCCc3ccn[nH]3)c2c1C. The van der Waals surface area contributed by atoms with Gasteiger partial charge in [-0.1, -0.05) is 0 Å². The number of thiophene rings is 1. The van der Waals surface area contributed by atoms with Gasteiger partial charge in [-0.3, -0.25) is 10.00 Å². The Kier molecular flexibility index (Phi) is 5.17. The molecular formula is C19H26N6S. The van der Waals surface area contributed by atoms with E-state index in [9.17, 15) is 0 Å². The van der Waals surface area contributed by atoms with E-state index < -0.39 is 0 Å². The molecule has 0 aromatic carbocycles. The molecule has 6 nitrogen and oxygen atoms in total. The fourth-order valence-corrected chi connectivity index (χ4v) is 4.59. The standard InChI is InChI=1S/C19H26N6S/c1-13-14(2)26-19-17(13)18(20-8-5-6-15-7-9-21-24-15)22-16(23-19)12-25-10-3-4-11-25/h7,9H,3-6,8,10-12H2,1-2H3,(H,21,24)(H,20,22,23). The normalized spacial score (nSPS) is 15.2. The third-order valence-corrected chi connectivity index (χ3v) is 6.21. The van der Waals surface area contributed by atoms with Crippen LogP contribution in [-0.2, 0) is 13.0 Å². The Morgan fingerprint density at radius 2 is 2.08 bits per heavy atom. The first-order valence-electron chi connectivity index (χ1n) is 9.42. The number of hydrogen-bond donors (Lipinski definition) is 2. The average molecular weight is 371 g/mol. The van der Waals surface area contributed by atoms with E-state index in [-0.39, 0.29) is 0 Å².